The number of ether oxygens (including phenoxy) is 1. The first kappa shape index (κ1) is 19.9. The van der Waals surface area contributed by atoms with Gasteiger partial charge in [-0.15, -0.1) is 11.8 Å². The average molecular weight is 379 g/mol. The minimum absolute atomic E-state index is 0.0576. The molecular formula is C16H24F3N3O2S. The van der Waals surface area contributed by atoms with Crippen molar-refractivity contribution in [3.63, 3.8) is 0 Å². The molecule has 2 heterocycles. The van der Waals surface area contributed by atoms with Gasteiger partial charge in [0.2, 0.25) is 0 Å². The fourth-order valence-corrected chi connectivity index (χ4v) is 3.77. The molecule has 0 radical (unpaired) electrons. The number of thioether (sulfide) groups is 1. The first-order valence-corrected chi connectivity index (χ1v) is 9.19. The molecule has 5 nitrogen and oxygen atoms in total. The molecule has 1 saturated heterocycles. The maximum atomic E-state index is 12.7. The third-order valence-corrected chi connectivity index (χ3v) is 5.04. The van der Waals surface area contributed by atoms with E-state index >= 15 is 0 Å². The fraction of sp³-hybridized carbons (Fsp3) is 0.750. The highest BCUT2D eigenvalue weighted by Crippen LogP contribution is 2.32. The highest BCUT2D eigenvalue weighted by atomic mass is 32.2. The van der Waals surface area contributed by atoms with E-state index in [2.05, 4.69) is 5.10 Å². The molecular weight excluding hydrogens is 355 g/mol. The topological polar surface area (TPSA) is 47.4 Å². The Kier molecular flexibility index (Phi) is 5.96. The summed E-state index contributed by atoms with van der Waals surface area (Å²) in [4.78, 5) is 14.1. The SMILES string of the molecule is Cn1nc(C(F)(F)F)cc1SCC1CCCCN1C(=O)OC(C)(C)C. The van der Waals surface area contributed by atoms with Crippen LogP contribution in [0.25, 0.3) is 0 Å². The number of aromatic nitrogens is 2. The third kappa shape index (κ3) is 5.55. The molecule has 1 unspecified atom stereocenters. The molecule has 2 rings (SSSR count). The van der Waals surface area contributed by atoms with Crippen LogP contribution in [0.1, 0.15) is 45.7 Å². The van der Waals surface area contributed by atoms with Gasteiger partial charge in [-0.1, -0.05) is 0 Å². The van der Waals surface area contributed by atoms with Crippen LogP contribution in [0, 0.1) is 0 Å². The standard InChI is InChI=1S/C16H24F3N3O2S/c1-15(2,3)24-14(23)22-8-6-5-7-11(22)10-25-13-9-12(16(17,18)19)20-21(13)4/h9,11H,5-8,10H2,1-4H3. The van der Waals surface area contributed by atoms with Gasteiger partial charge >= 0.3 is 12.3 Å². The molecule has 1 aliphatic rings. The molecule has 25 heavy (non-hydrogen) atoms. The zero-order valence-electron chi connectivity index (χ0n) is 14.9. The summed E-state index contributed by atoms with van der Waals surface area (Å²) in [5.41, 5.74) is -1.47. The molecule has 1 aromatic heterocycles. The van der Waals surface area contributed by atoms with Crippen LogP contribution >= 0.6 is 11.8 Å². The van der Waals surface area contributed by atoms with Crippen LogP contribution in [0.2, 0.25) is 0 Å². The van der Waals surface area contributed by atoms with Gasteiger partial charge in [0, 0.05) is 31.5 Å². The van der Waals surface area contributed by atoms with Crippen LogP contribution in [-0.2, 0) is 18.0 Å². The van der Waals surface area contributed by atoms with Crippen LogP contribution in [-0.4, -0.2) is 44.7 Å². The number of carbonyl (C=O) groups excluding carboxylic acids is 1. The summed E-state index contributed by atoms with van der Waals surface area (Å²) in [5.74, 6) is 0.510. The number of hydrogen-bond donors (Lipinski definition) is 0. The molecule has 9 heteroatoms. The first-order valence-electron chi connectivity index (χ1n) is 8.21. The third-order valence-electron chi connectivity index (χ3n) is 3.81. The Bertz CT molecular complexity index is 611. The lowest BCUT2D eigenvalue weighted by Gasteiger charge is -2.36. The lowest BCUT2D eigenvalue weighted by Crippen LogP contribution is -2.47. The summed E-state index contributed by atoms with van der Waals surface area (Å²) in [6.45, 7) is 6.05. The van der Waals surface area contributed by atoms with Gasteiger partial charge in [0.15, 0.2) is 5.69 Å². The molecule has 0 saturated carbocycles. The van der Waals surface area contributed by atoms with Crippen LogP contribution in [0.5, 0.6) is 0 Å². The van der Waals surface area contributed by atoms with E-state index in [1.807, 2.05) is 20.8 Å². The Morgan fingerprint density at radius 3 is 2.60 bits per heavy atom. The van der Waals surface area contributed by atoms with Crippen molar-refractivity contribution in [2.24, 2.45) is 7.05 Å². The van der Waals surface area contributed by atoms with Crippen molar-refractivity contribution in [2.45, 2.75) is 62.9 Å². The van der Waals surface area contributed by atoms with E-state index in [-0.39, 0.29) is 12.1 Å². The van der Waals surface area contributed by atoms with Crippen LogP contribution < -0.4 is 0 Å². The number of likely N-dealkylation sites (tertiary alicyclic amines) is 1. The molecule has 1 amide bonds. The van der Waals surface area contributed by atoms with Crippen LogP contribution in [0.3, 0.4) is 0 Å². The number of halogens is 3. The molecule has 0 spiro atoms. The summed E-state index contributed by atoms with van der Waals surface area (Å²) >= 11 is 1.28. The second-order valence-electron chi connectivity index (χ2n) is 7.12. The second kappa shape index (κ2) is 7.47. The van der Waals surface area contributed by atoms with Crippen molar-refractivity contribution in [3.8, 4) is 0 Å². The van der Waals surface area contributed by atoms with Gasteiger partial charge in [-0.3, -0.25) is 4.68 Å². The number of carbonyl (C=O) groups is 1. The maximum Gasteiger partial charge on any atom is 0.435 e. The zero-order valence-corrected chi connectivity index (χ0v) is 15.7. The number of hydrogen-bond acceptors (Lipinski definition) is 4. The van der Waals surface area contributed by atoms with Crippen LogP contribution in [0.15, 0.2) is 11.1 Å². The summed E-state index contributed by atoms with van der Waals surface area (Å²) in [6, 6.07) is 0.989. The molecule has 0 aliphatic carbocycles. The summed E-state index contributed by atoms with van der Waals surface area (Å²) in [6.07, 6.45) is -2.10. The van der Waals surface area contributed by atoms with E-state index in [1.165, 1.54) is 23.5 Å². The molecule has 142 valence electrons. The number of piperidine rings is 1. The molecule has 0 aromatic carbocycles. The fourth-order valence-electron chi connectivity index (χ4n) is 2.64. The smallest absolute Gasteiger partial charge is 0.435 e. The number of alkyl halides is 3. The highest BCUT2D eigenvalue weighted by molar-refractivity contribution is 7.99. The number of nitrogens with zero attached hydrogens (tertiary/aromatic N) is 3. The lowest BCUT2D eigenvalue weighted by atomic mass is 10.0. The van der Waals surface area contributed by atoms with Crippen molar-refractivity contribution in [1.82, 2.24) is 14.7 Å². The lowest BCUT2D eigenvalue weighted by molar-refractivity contribution is -0.141. The predicted molar refractivity (Wildman–Crippen MR) is 89.5 cm³/mol. The van der Waals surface area contributed by atoms with E-state index in [1.54, 1.807) is 4.90 Å². The zero-order chi connectivity index (χ0) is 18.8. The summed E-state index contributed by atoms with van der Waals surface area (Å²) in [7, 11) is 1.49. The van der Waals surface area contributed by atoms with Gasteiger partial charge in [-0.25, -0.2) is 4.79 Å². The molecule has 1 aliphatic heterocycles. The van der Waals surface area contributed by atoms with Crippen molar-refractivity contribution in [3.05, 3.63) is 11.8 Å². The Morgan fingerprint density at radius 1 is 1.36 bits per heavy atom. The minimum atomic E-state index is -4.45. The largest absolute Gasteiger partial charge is 0.444 e. The maximum absolute atomic E-state index is 12.7. The average Bonchev–Trinajstić information content (AvgIpc) is 2.85. The van der Waals surface area contributed by atoms with E-state index in [4.69, 9.17) is 4.74 Å². The quantitative estimate of drug-likeness (QED) is 0.734. The van der Waals surface area contributed by atoms with E-state index < -0.39 is 17.5 Å². The Morgan fingerprint density at radius 2 is 2.04 bits per heavy atom. The Labute approximate surface area is 149 Å². The van der Waals surface area contributed by atoms with Gasteiger partial charge in [0.25, 0.3) is 0 Å². The molecule has 1 aromatic rings. The van der Waals surface area contributed by atoms with Gasteiger partial charge in [-0.2, -0.15) is 18.3 Å². The summed E-state index contributed by atoms with van der Waals surface area (Å²) < 4.78 is 44.9. The number of rotatable bonds is 3. The Balaban J connectivity index is 2.02. The number of amides is 1. The predicted octanol–water partition coefficient (Wildman–Crippen LogP) is 4.32. The van der Waals surface area contributed by atoms with Crippen LogP contribution in [0.4, 0.5) is 18.0 Å². The highest BCUT2D eigenvalue weighted by Gasteiger charge is 2.35. The van der Waals surface area contributed by atoms with Gasteiger partial charge < -0.3 is 9.64 Å². The summed E-state index contributed by atoms with van der Waals surface area (Å²) in [5, 5.41) is 3.95. The van der Waals surface area contributed by atoms with Crippen molar-refractivity contribution in [1.29, 1.82) is 0 Å². The minimum Gasteiger partial charge on any atom is -0.444 e. The van der Waals surface area contributed by atoms with E-state index in [0.717, 1.165) is 25.3 Å². The first-order chi connectivity index (χ1) is 11.5. The molecule has 1 atom stereocenters. The van der Waals surface area contributed by atoms with Gasteiger partial charge in [0.05, 0.1) is 5.03 Å². The van der Waals surface area contributed by atoms with Gasteiger partial charge in [-0.05, 0) is 40.0 Å². The molecule has 1 fully saturated rings. The van der Waals surface area contributed by atoms with E-state index in [0.29, 0.717) is 17.3 Å². The normalized spacial score (nSPS) is 19.2. The molecule has 0 N–H and O–H groups in total. The van der Waals surface area contributed by atoms with Crippen molar-refractivity contribution >= 4 is 17.9 Å². The van der Waals surface area contributed by atoms with E-state index in [9.17, 15) is 18.0 Å². The molecule has 0 bridgehead atoms. The Hall–Kier alpha value is -1.38. The van der Waals surface area contributed by atoms with Gasteiger partial charge in [0.1, 0.15) is 5.60 Å². The monoisotopic (exact) mass is 379 g/mol. The number of aryl methyl sites for hydroxylation is 1. The van der Waals surface area contributed by atoms with Crippen molar-refractivity contribution < 1.29 is 22.7 Å². The second-order valence-corrected chi connectivity index (χ2v) is 8.16. The van der Waals surface area contributed by atoms with Crippen molar-refractivity contribution in [2.75, 3.05) is 12.3 Å².